The zero-order chi connectivity index (χ0) is 20.2. The molecule has 0 saturated heterocycles. The first-order valence-electron chi connectivity index (χ1n) is 9.85. The van der Waals surface area contributed by atoms with E-state index in [1.807, 2.05) is 43.3 Å². The predicted octanol–water partition coefficient (Wildman–Crippen LogP) is 3.74. The maximum absolute atomic E-state index is 12.9. The highest BCUT2D eigenvalue weighted by Gasteiger charge is 2.25. The van der Waals surface area contributed by atoms with Gasteiger partial charge in [-0.05, 0) is 19.1 Å². The predicted molar refractivity (Wildman–Crippen MR) is 111 cm³/mol. The summed E-state index contributed by atoms with van der Waals surface area (Å²) in [6.45, 7) is 4.55. The molecule has 0 unspecified atom stereocenters. The van der Waals surface area contributed by atoms with E-state index in [0.717, 1.165) is 27.8 Å². The summed E-state index contributed by atoms with van der Waals surface area (Å²) in [7, 11) is 1.63. The Morgan fingerprint density at radius 2 is 1.66 bits per heavy atom. The van der Waals surface area contributed by atoms with Crippen LogP contribution in [0.1, 0.15) is 21.5 Å². The second-order valence-electron chi connectivity index (χ2n) is 6.99. The van der Waals surface area contributed by atoms with Crippen LogP contribution in [-0.4, -0.2) is 46.0 Å². The lowest BCUT2D eigenvalue weighted by Gasteiger charge is -2.12. The van der Waals surface area contributed by atoms with Gasteiger partial charge in [0, 0.05) is 30.0 Å². The summed E-state index contributed by atoms with van der Waals surface area (Å²) in [5, 5.41) is 3.54. The van der Waals surface area contributed by atoms with Gasteiger partial charge in [-0.2, -0.15) is 0 Å². The molecule has 2 aromatic carbocycles. The van der Waals surface area contributed by atoms with Crippen LogP contribution >= 0.6 is 0 Å². The number of benzene rings is 2. The van der Waals surface area contributed by atoms with Gasteiger partial charge in [-0.25, -0.2) is 0 Å². The number of aryl methyl sites for hydroxylation is 1. The van der Waals surface area contributed by atoms with E-state index in [-0.39, 0.29) is 5.91 Å². The molecule has 0 radical (unpaired) electrons. The maximum Gasteiger partial charge on any atom is 0.255 e. The summed E-state index contributed by atoms with van der Waals surface area (Å²) >= 11 is 0. The number of rotatable bonds is 2. The van der Waals surface area contributed by atoms with Crippen LogP contribution in [0.3, 0.4) is 0 Å². The first-order chi connectivity index (χ1) is 14.2. The van der Waals surface area contributed by atoms with E-state index in [1.165, 1.54) is 0 Å². The van der Waals surface area contributed by atoms with E-state index in [2.05, 4.69) is 5.32 Å². The molecule has 29 heavy (non-hydrogen) atoms. The topological polar surface area (TPSA) is 69.9 Å². The first-order valence-corrected chi connectivity index (χ1v) is 9.85. The molecule has 0 spiro atoms. The van der Waals surface area contributed by atoms with Crippen molar-refractivity contribution in [3.8, 4) is 17.1 Å². The summed E-state index contributed by atoms with van der Waals surface area (Å²) in [6, 6.07) is 11.7. The van der Waals surface area contributed by atoms with Gasteiger partial charge in [0.25, 0.3) is 5.91 Å². The second kappa shape index (κ2) is 8.68. The SMILES string of the molecule is CNC(=O)c1c(-c2ccc(C)cc2)oc2ccc3c(c12)CCOCCOCCO3. The van der Waals surface area contributed by atoms with Crippen molar-refractivity contribution in [3.05, 3.63) is 53.1 Å². The van der Waals surface area contributed by atoms with Gasteiger partial charge in [-0.1, -0.05) is 29.8 Å². The molecule has 0 atom stereocenters. The quantitative estimate of drug-likeness (QED) is 0.716. The highest BCUT2D eigenvalue weighted by Crippen LogP contribution is 2.39. The lowest BCUT2D eigenvalue weighted by molar-refractivity contribution is 0.0405. The number of hydrogen-bond donors (Lipinski definition) is 1. The number of furan rings is 1. The minimum absolute atomic E-state index is 0.189. The van der Waals surface area contributed by atoms with Crippen LogP contribution in [-0.2, 0) is 15.9 Å². The molecular formula is C23H25NO5. The molecule has 1 amide bonds. The normalized spacial score (nSPS) is 15.2. The Hall–Kier alpha value is -2.83. The van der Waals surface area contributed by atoms with E-state index in [4.69, 9.17) is 18.6 Å². The number of fused-ring (bicyclic) bond motifs is 3. The highest BCUT2D eigenvalue weighted by molar-refractivity contribution is 6.12. The Balaban J connectivity index is 1.91. The fraction of sp³-hybridized carbons (Fsp3) is 0.348. The van der Waals surface area contributed by atoms with Gasteiger partial charge in [-0.15, -0.1) is 0 Å². The molecule has 0 bridgehead atoms. The van der Waals surface area contributed by atoms with Crippen molar-refractivity contribution >= 4 is 16.9 Å². The second-order valence-corrected chi connectivity index (χ2v) is 6.99. The van der Waals surface area contributed by atoms with Gasteiger partial charge in [0.05, 0.1) is 32.0 Å². The minimum atomic E-state index is -0.189. The molecule has 1 N–H and O–H groups in total. The van der Waals surface area contributed by atoms with Gasteiger partial charge in [0.1, 0.15) is 23.7 Å². The summed E-state index contributed by atoms with van der Waals surface area (Å²) in [5.41, 5.74) is 4.12. The van der Waals surface area contributed by atoms with Crippen molar-refractivity contribution in [1.82, 2.24) is 5.32 Å². The number of hydrogen-bond acceptors (Lipinski definition) is 5. The third-order valence-electron chi connectivity index (χ3n) is 5.04. The summed E-state index contributed by atoms with van der Waals surface area (Å²) in [5.74, 6) is 1.10. The van der Waals surface area contributed by atoms with Crippen molar-refractivity contribution in [1.29, 1.82) is 0 Å². The van der Waals surface area contributed by atoms with Crippen molar-refractivity contribution in [2.45, 2.75) is 13.3 Å². The summed E-state index contributed by atoms with van der Waals surface area (Å²) in [4.78, 5) is 12.9. The fourth-order valence-corrected chi connectivity index (χ4v) is 3.58. The Morgan fingerprint density at radius 3 is 2.41 bits per heavy atom. The van der Waals surface area contributed by atoms with Crippen LogP contribution in [0.2, 0.25) is 0 Å². The number of amides is 1. The number of ether oxygens (including phenoxy) is 3. The van der Waals surface area contributed by atoms with Crippen LogP contribution in [0.25, 0.3) is 22.3 Å². The van der Waals surface area contributed by atoms with Gasteiger partial charge in [0.15, 0.2) is 0 Å². The van der Waals surface area contributed by atoms with Crippen LogP contribution < -0.4 is 10.1 Å². The molecule has 1 aliphatic heterocycles. The molecule has 6 heteroatoms. The van der Waals surface area contributed by atoms with Crippen molar-refractivity contribution in [2.75, 3.05) is 40.1 Å². The molecule has 3 aromatic rings. The summed E-state index contributed by atoms with van der Waals surface area (Å²) < 4.78 is 23.3. The minimum Gasteiger partial charge on any atom is -0.491 e. The zero-order valence-electron chi connectivity index (χ0n) is 16.7. The number of nitrogens with one attached hydrogen (secondary N) is 1. The smallest absolute Gasteiger partial charge is 0.255 e. The number of carbonyl (C=O) groups excluding carboxylic acids is 1. The molecule has 0 saturated carbocycles. The standard InChI is InChI=1S/C23H25NO5/c1-15-3-5-16(6-4-15)22-21(23(25)24-2)20-17-9-10-26-11-12-27-13-14-28-18(17)7-8-19(20)29-22/h3-8H,9-14H2,1-2H3,(H,24,25). The molecule has 1 aromatic heterocycles. The van der Waals surface area contributed by atoms with E-state index in [1.54, 1.807) is 7.05 Å². The molecule has 6 nitrogen and oxygen atoms in total. The first kappa shape index (κ1) is 19.5. The lowest BCUT2D eigenvalue weighted by atomic mass is 9.98. The average molecular weight is 395 g/mol. The van der Waals surface area contributed by atoms with E-state index >= 15 is 0 Å². The Morgan fingerprint density at radius 1 is 0.931 bits per heavy atom. The summed E-state index contributed by atoms with van der Waals surface area (Å²) in [6.07, 6.45) is 0.615. The van der Waals surface area contributed by atoms with Gasteiger partial charge in [0.2, 0.25) is 0 Å². The Bertz CT molecular complexity index is 1010. The van der Waals surface area contributed by atoms with Crippen molar-refractivity contribution in [2.24, 2.45) is 0 Å². The van der Waals surface area contributed by atoms with Crippen LogP contribution in [0, 0.1) is 6.92 Å². The average Bonchev–Trinajstić information content (AvgIpc) is 3.10. The van der Waals surface area contributed by atoms with Crippen molar-refractivity contribution in [3.63, 3.8) is 0 Å². The highest BCUT2D eigenvalue weighted by atomic mass is 16.5. The third-order valence-corrected chi connectivity index (χ3v) is 5.04. The zero-order valence-corrected chi connectivity index (χ0v) is 16.7. The molecule has 2 heterocycles. The fourth-order valence-electron chi connectivity index (χ4n) is 3.58. The van der Waals surface area contributed by atoms with Gasteiger partial charge in [-0.3, -0.25) is 4.79 Å². The van der Waals surface area contributed by atoms with Crippen LogP contribution in [0.4, 0.5) is 0 Å². The molecule has 4 rings (SSSR count). The molecule has 0 aliphatic carbocycles. The van der Waals surface area contributed by atoms with Crippen LogP contribution in [0.5, 0.6) is 5.75 Å². The lowest BCUT2D eigenvalue weighted by Crippen LogP contribution is -2.18. The monoisotopic (exact) mass is 395 g/mol. The van der Waals surface area contributed by atoms with Crippen molar-refractivity contribution < 1.29 is 23.4 Å². The Labute approximate surface area is 169 Å². The van der Waals surface area contributed by atoms with E-state index < -0.39 is 0 Å². The number of carbonyl (C=O) groups is 1. The molecule has 152 valence electrons. The van der Waals surface area contributed by atoms with Crippen LogP contribution in [0.15, 0.2) is 40.8 Å². The maximum atomic E-state index is 12.9. The van der Waals surface area contributed by atoms with Gasteiger partial charge >= 0.3 is 0 Å². The Kier molecular flexibility index (Phi) is 5.83. The molecule has 1 aliphatic rings. The van der Waals surface area contributed by atoms with E-state index in [0.29, 0.717) is 56.4 Å². The van der Waals surface area contributed by atoms with Gasteiger partial charge < -0.3 is 23.9 Å². The van der Waals surface area contributed by atoms with E-state index in [9.17, 15) is 4.79 Å². The molecule has 0 fully saturated rings. The molecular weight excluding hydrogens is 370 g/mol. The third kappa shape index (κ3) is 3.99. The largest absolute Gasteiger partial charge is 0.491 e.